The smallest absolute Gasteiger partial charge is 0.322 e. The molecule has 0 atom stereocenters. The first-order chi connectivity index (χ1) is 15.6. The van der Waals surface area contributed by atoms with E-state index in [1.807, 2.05) is 0 Å². The summed E-state index contributed by atoms with van der Waals surface area (Å²) in [5, 5.41) is 7.06. The van der Waals surface area contributed by atoms with Crippen LogP contribution in [0.5, 0.6) is 0 Å². The molecule has 1 amide bonds. The van der Waals surface area contributed by atoms with Crippen LogP contribution in [0.25, 0.3) is 22.8 Å². The molecule has 0 bridgehead atoms. The van der Waals surface area contributed by atoms with Crippen LogP contribution >= 0.6 is 11.6 Å². The zero-order valence-corrected chi connectivity index (χ0v) is 17.7. The van der Waals surface area contributed by atoms with Crippen LogP contribution in [-0.4, -0.2) is 20.7 Å². The molecule has 33 heavy (non-hydrogen) atoms. The van der Waals surface area contributed by atoms with Gasteiger partial charge in [0.1, 0.15) is 5.82 Å². The summed E-state index contributed by atoms with van der Waals surface area (Å²) in [6.07, 6.45) is -4.47. The highest BCUT2D eigenvalue weighted by Crippen LogP contribution is 2.31. The Morgan fingerprint density at radius 1 is 1.00 bits per heavy atom. The SMILES string of the molecule is Cn1nc(-c2c(F)cccc2Cl)nc1-c1ccc(NC(=O)c2ccc(C(F)(F)F)cc2)cc1. The quantitative estimate of drug-likeness (QED) is 0.358. The van der Waals surface area contributed by atoms with E-state index in [0.717, 1.165) is 24.3 Å². The molecule has 1 N–H and O–H groups in total. The van der Waals surface area contributed by atoms with Gasteiger partial charge in [0.25, 0.3) is 5.91 Å². The fourth-order valence-corrected chi connectivity index (χ4v) is 3.42. The maximum atomic E-state index is 14.2. The lowest BCUT2D eigenvalue weighted by Crippen LogP contribution is -2.12. The molecule has 0 saturated heterocycles. The highest BCUT2D eigenvalue weighted by molar-refractivity contribution is 6.33. The number of anilines is 1. The van der Waals surface area contributed by atoms with Gasteiger partial charge in [-0.1, -0.05) is 17.7 Å². The highest BCUT2D eigenvalue weighted by atomic mass is 35.5. The van der Waals surface area contributed by atoms with Gasteiger partial charge in [0, 0.05) is 23.9 Å². The Bertz CT molecular complexity index is 1300. The molecule has 3 aromatic carbocycles. The minimum Gasteiger partial charge on any atom is -0.322 e. The van der Waals surface area contributed by atoms with Crippen LogP contribution in [0, 0.1) is 5.82 Å². The van der Waals surface area contributed by atoms with Gasteiger partial charge in [-0.05, 0) is 60.7 Å². The third-order valence-corrected chi connectivity index (χ3v) is 5.14. The average molecular weight is 475 g/mol. The Kier molecular flexibility index (Phi) is 5.90. The van der Waals surface area contributed by atoms with Crippen molar-refractivity contribution < 1.29 is 22.4 Å². The predicted molar refractivity (Wildman–Crippen MR) is 116 cm³/mol. The van der Waals surface area contributed by atoms with Crippen molar-refractivity contribution in [2.24, 2.45) is 7.05 Å². The van der Waals surface area contributed by atoms with E-state index < -0.39 is 23.5 Å². The van der Waals surface area contributed by atoms with Gasteiger partial charge in [-0.3, -0.25) is 4.79 Å². The molecule has 0 aliphatic rings. The van der Waals surface area contributed by atoms with Gasteiger partial charge in [-0.25, -0.2) is 14.1 Å². The average Bonchev–Trinajstić information content (AvgIpc) is 3.14. The number of benzene rings is 3. The van der Waals surface area contributed by atoms with Gasteiger partial charge in [0.2, 0.25) is 0 Å². The summed E-state index contributed by atoms with van der Waals surface area (Å²) in [6.45, 7) is 0. The Hall–Kier alpha value is -3.72. The summed E-state index contributed by atoms with van der Waals surface area (Å²) in [4.78, 5) is 16.7. The number of hydrogen-bond acceptors (Lipinski definition) is 3. The Labute approximate surface area is 190 Å². The van der Waals surface area contributed by atoms with Crippen molar-refractivity contribution in [1.29, 1.82) is 0 Å². The number of alkyl halides is 3. The lowest BCUT2D eigenvalue weighted by Gasteiger charge is -2.09. The second-order valence-corrected chi connectivity index (χ2v) is 7.49. The number of rotatable bonds is 4. The first-order valence-electron chi connectivity index (χ1n) is 9.58. The fraction of sp³-hybridized carbons (Fsp3) is 0.0870. The summed E-state index contributed by atoms with van der Waals surface area (Å²) in [6, 6.07) is 14.8. The minimum atomic E-state index is -4.47. The number of carbonyl (C=O) groups is 1. The molecule has 5 nitrogen and oxygen atoms in total. The lowest BCUT2D eigenvalue weighted by atomic mass is 10.1. The predicted octanol–water partition coefficient (Wildman–Crippen LogP) is 6.21. The molecule has 0 radical (unpaired) electrons. The number of aryl methyl sites for hydroxylation is 1. The van der Waals surface area contributed by atoms with Gasteiger partial charge < -0.3 is 5.32 Å². The Morgan fingerprint density at radius 3 is 2.27 bits per heavy atom. The molecule has 0 spiro atoms. The van der Waals surface area contributed by atoms with E-state index >= 15 is 0 Å². The van der Waals surface area contributed by atoms with Crippen molar-refractivity contribution in [1.82, 2.24) is 14.8 Å². The number of hydrogen-bond donors (Lipinski definition) is 1. The zero-order chi connectivity index (χ0) is 23.8. The molecule has 4 rings (SSSR count). The number of halogens is 5. The van der Waals surface area contributed by atoms with E-state index in [-0.39, 0.29) is 22.0 Å². The number of nitrogens with one attached hydrogen (secondary N) is 1. The standard InChI is InChI=1S/C23H15ClF4N4O/c1-32-21(30-20(31-32)19-17(24)3-2-4-18(19)25)13-7-11-16(12-8-13)29-22(33)14-5-9-15(10-6-14)23(26,27)28/h2-12H,1H3,(H,29,33). The van der Waals surface area contributed by atoms with E-state index in [1.54, 1.807) is 37.4 Å². The van der Waals surface area contributed by atoms with Crippen LogP contribution in [0.3, 0.4) is 0 Å². The topological polar surface area (TPSA) is 59.8 Å². The van der Waals surface area contributed by atoms with Gasteiger partial charge in [0.05, 0.1) is 16.1 Å². The van der Waals surface area contributed by atoms with Crippen molar-refractivity contribution in [2.45, 2.75) is 6.18 Å². The molecule has 0 saturated carbocycles. The van der Waals surface area contributed by atoms with Gasteiger partial charge >= 0.3 is 6.18 Å². The van der Waals surface area contributed by atoms with Crippen molar-refractivity contribution in [3.8, 4) is 22.8 Å². The molecule has 168 valence electrons. The summed E-state index contributed by atoms with van der Waals surface area (Å²) < 4.78 is 53.7. The summed E-state index contributed by atoms with van der Waals surface area (Å²) in [7, 11) is 1.65. The molecule has 0 aliphatic carbocycles. The molecule has 1 heterocycles. The third-order valence-electron chi connectivity index (χ3n) is 4.82. The van der Waals surface area contributed by atoms with E-state index in [0.29, 0.717) is 17.1 Å². The van der Waals surface area contributed by atoms with E-state index in [1.165, 1.54) is 16.8 Å². The molecule has 10 heteroatoms. The van der Waals surface area contributed by atoms with Crippen LogP contribution in [0.4, 0.5) is 23.2 Å². The largest absolute Gasteiger partial charge is 0.416 e. The van der Waals surface area contributed by atoms with Crippen molar-refractivity contribution >= 4 is 23.2 Å². The van der Waals surface area contributed by atoms with Crippen LogP contribution < -0.4 is 5.32 Å². The van der Waals surface area contributed by atoms with Gasteiger partial charge in [-0.15, -0.1) is 0 Å². The first-order valence-corrected chi connectivity index (χ1v) is 9.96. The minimum absolute atomic E-state index is 0.0896. The van der Waals surface area contributed by atoms with E-state index in [2.05, 4.69) is 15.4 Å². The Balaban J connectivity index is 1.52. The van der Waals surface area contributed by atoms with Crippen LogP contribution in [0.2, 0.25) is 5.02 Å². The van der Waals surface area contributed by atoms with Crippen molar-refractivity contribution in [2.75, 3.05) is 5.32 Å². The molecular weight excluding hydrogens is 460 g/mol. The maximum absolute atomic E-state index is 14.2. The summed E-state index contributed by atoms with van der Waals surface area (Å²) in [5.74, 6) is -0.507. The Morgan fingerprint density at radius 2 is 1.67 bits per heavy atom. The van der Waals surface area contributed by atoms with Gasteiger partial charge in [-0.2, -0.15) is 18.3 Å². The molecular formula is C23H15ClF4N4O. The molecule has 1 aromatic heterocycles. The first kappa shape index (κ1) is 22.5. The number of carbonyl (C=O) groups excluding carboxylic acids is 1. The highest BCUT2D eigenvalue weighted by Gasteiger charge is 2.30. The monoisotopic (exact) mass is 474 g/mol. The van der Waals surface area contributed by atoms with E-state index in [9.17, 15) is 22.4 Å². The van der Waals surface area contributed by atoms with Crippen LogP contribution in [0.1, 0.15) is 15.9 Å². The summed E-state index contributed by atoms with van der Waals surface area (Å²) in [5.41, 5.74) is 0.441. The molecule has 0 unspecified atom stereocenters. The molecule has 4 aromatic rings. The second-order valence-electron chi connectivity index (χ2n) is 7.09. The number of aromatic nitrogens is 3. The summed E-state index contributed by atoms with van der Waals surface area (Å²) >= 11 is 6.10. The maximum Gasteiger partial charge on any atom is 0.416 e. The molecule has 0 fully saturated rings. The number of amides is 1. The normalized spacial score (nSPS) is 11.5. The van der Waals surface area contributed by atoms with Crippen molar-refractivity contribution in [3.63, 3.8) is 0 Å². The fourth-order valence-electron chi connectivity index (χ4n) is 3.17. The third kappa shape index (κ3) is 4.73. The van der Waals surface area contributed by atoms with Crippen LogP contribution in [0.15, 0.2) is 66.7 Å². The number of nitrogens with zero attached hydrogens (tertiary/aromatic N) is 3. The molecule has 0 aliphatic heterocycles. The van der Waals surface area contributed by atoms with Crippen molar-refractivity contribution in [3.05, 3.63) is 88.7 Å². The lowest BCUT2D eigenvalue weighted by molar-refractivity contribution is -0.137. The van der Waals surface area contributed by atoms with E-state index in [4.69, 9.17) is 11.6 Å². The second kappa shape index (κ2) is 8.67. The van der Waals surface area contributed by atoms with Gasteiger partial charge in [0.15, 0.2) is 11.6 Å². The van der Waals surface area contributed by atoms with Crippen LogP contribution in [-0.2, 0) is 13.2 Å². The zero-order valence-electron chi connectivity index (χ0n) is 17.0.